The van der Waals surface area contributed by atoms with Gasteiger partial charge in [0, 0.05) is 7.05 Å². The Balaban J connectivity index is 3.46. The van der Waals surface area contributed by atoms with E-state index in [1.165, 1.54) is 14.2 Å². The Morgan fingerprint density at radius 2 is 2.25 bits per heavy atom. The normalized spacial score (nSPS) is 8.38. The molecule has 4 nitrogen and oxygen atoms in total. The van der Waals surface area contributed by atoms with E-state index in [1.54, 1.807) is 0 Å². The zero-order chi connectivity index (χ0) is 6.57. The largest absolute Gasteiger partial charge is 0.444 e. The Kier molecular flexibility index (Phi) is 2.95. The SMILES string of the molecule is [CH2]OC(=O)N(C)OC. The summed E-state index contributed by atoms with van der Waals surface area (Å²) in [6.45, 7) is 0. The molecular weight excluding hydrogens is 110 g/mol. The van der Waals surface area contributed by atoms with Crippen molar-refractivity contribution in [2.75, 3.05) is 14.2 Å². The van der Waals surface area contributed by atoms with Crippen LogP contribution in [0, 0.1) is 7.11 Å². The molecule has 0 spiro atoms. The van der Waals surface area contributed by atoms with Crippen molar-refractivity contribution in [2.45, 2.75) is 0 Å². The molecule has 0 aliphatic carbocycles. The van der Waals surface area contributed by atoms with Crippen LogP contribution in [-0.2, 0) is 9.57 Å². The zero-order valence-corrected chi connectivity index (χ0v) is 4.88. The fourth-order valence-corrected chi connectivity index (χ4v) is 0.165. The van der Waals surface area contributed by atoms with Crippen LogP contribution in [0.2, 0.25) is 0 Å². The van der Waals surface area contributed by atoms with Crippen molar-refractivity contribution in [3.63, 3.8) is 0 Å². The van der Waals surface area contributed by atoms with Crippen molar-refractivity contribution in [1.82, 2.24) is 5.06 Å². The van der Waals surface area contributed by atoms with Crippen molar-refractivity contribution in [2.24, 2.45) is 0 Å². The lowest BCUT2D eigenvalue weighted by atomic mass is 11.1. The average Bonchev–Trinajstić information content (AvgIpc) is 1.84. The molecule has 8 heavy (non-hydrogen) atoms. The van der Waals surface area contributed by atoms with E-state index in [-0.39, 0.29) is 0 Å². The van der Waals surface area contributed by atoms with E-state index in [0.717, 1.165) is 5.06 Å². The number of rotatable bonds is 1. The second-order valence-corrected chi connectivity index (χ2v) is 1.09. The number of ether oxygens (including phenoxy) is 1. The molecule has 0 bridgehead atoms. The first-order valence-electron chi connectivity index (χ1n) is 1.96. The highest BCUT2D eigenvalue weighted by Gasteiger charge is 2.03. The van der Waals surface area contributed by atoms with E-state index < -0.39 is 6.09 Å². The monoisotopic (exact) mass is 118 g/mol. The van der Waals surface area contributed by atoms with Gasteiger partial charge in [-0.3, -0.25) is 4.84 Å². The van der Waals surface area contributed by atoms with Crippen LogP contribution in [0.1, 0.15) is 0 Å². The molecule has 0 aromatic heterocycles. The summed E-state index contributed by atoms with van der Waals surface area (Å²) in [5.74, 6) is 0. The van der Waals surface area contributed by atoms with Gasteiger partial charge in [0.25, 0.3) is 0 Å². The molecule has 47 valence electrons. The molecule has 1 amide bonds. The highest BCUT2D eigenvalue weighted by molar-refractivity contribution is 5.65. The van der Waals surface area contributed by atoms with Gasteiger partial charge in [-0.15, -0.1) is 0 Å². The molecule has 0 atom stereocenters. The predicted octanol–water partition coefficient (Wildman–Crippen LogP) is 0.408. The van der Waals surface area contributed by atoms with E-state index in [4.69, 9.17) is 0 Å². The highest BCUT2D eigenvalue weighted by atomic mass is 16.7. The minimum atomic E-state index is -0.618. The van der Waals surface area contributed by atoms with Crippen LogP contribution in [-0.4, -0.2) is 25.3 Å². The van der Waals surface area contributed by atoms with Gasteiger partial charge in [0.15, 0.2) is 0 Å². The van der Waals surface area contributed by atoms with Gasteiger partial charge in [0.1, 0.15) is 7.11 Å². The number of carbonyl (C=O) groups is 1. The summed E-state index contributed by atoms with van der Waals surface area (Å²) in [6.07, 6.45) is -0.618. The first-order valence-corrected chi connectivity index (χ1v) is 1.96. The summed E-state index contributed by atoms with van der Waals surface area (Å²) in [4.78, 5) is 14.7. The minimum Gasteiger partial charge on any atom is -0.444 e. The molecule has 0 rings (SSSR count). The number of nitrogens with zero attached hydrogens (tertiary/aromatic N) is 1. The summed E-state index contributed by atoms with van der Waals surface area (Å²) < 4.78 is 4.01. The lowest BCUT2D eigenvalue weighted by Gasteiger charge is -2.09. The van der Waals surface area contributed by atoms with Gasteiger partial charge in [-0.25, -0.2) is 4.79 Å². The lowest BCUT2D eigenvalue weighted by molar-refractivity contribution is -0.0836. The van der Waals surface area contributed by atoms with E-state index in [0.29, 0.717) is 0 Å². The Morgan fingerprint density at radius 3 is 2.38 bits per heavy atom. The van der Waals surface area contributed by atoms with Crippen LogP contribution in [0.4, 0.5) is 4.79 Å². The number of amides is 1. The van der Waals surface area contributed by atoms with Gasteiger partial charge >= 0.3 is 6.09 Å². The Bertz CT molecular complexity index is 83.4. The maximum absolute atomic E-state index is 10.3. The fourth-order valence-electron chi connectivity index (χ4n) is 0.165. The van der Waals surface area contributed by atoms with Crippen molar-refractivity contribution >= 4 is 6.09 Å². The third kappa shape index (κ3) is 1.79. The second-order valence-electron chi connectivity index (χ2n) is 1.09. The molecule has 0 N–H and O–H groups in total. The van der Waals surface area contributed by atoms with E-state index in [2.05, 4.69) is 16.7 Å². The van der Waals surface area contributed by atoms with Gasteiger partial charge in [0.2, 0.25) is 0 Å². The van der Waals surface area contributed by atoms with Crippen LogP contribution < -0.4 is 0 Å². The van der Waals surface area contributed by atoms with Crippen LogP contribution in [0.15, 0.2) is 0 Å². The molecule has 0 saturated heterocycles. The zero-order valence-electron chi connectivity index (χ0n) is 4.88. The molecule has 0 aliphatic rings. The second kappa shape index (κ2) is 3.26. The van der Waals surface area contributed by atoms with Crippen LogP contribution >= 0.6 is 0 Å². The number of hydrogen-bond acceptors (Lipinski definition) is 3. The third-order valence-corrected chi connectivity index (χ3v) is 0.654. The number of hydrogen-bond donors (Lipinski definition) is 0. The quantitative estimate of drug-likeness (QED) is 0.468. The molecule has 0 fully saturated rings. The predicted molar refractivity (Wildman–Crippen MR) is 26.6 cm³/mol. The average molecular weight is 118 g/mol. The molecule has 0 aromatic rings. The van der Waals surface area contributed by atoms with Crippen molar-refractivity contribution in [1.29, 1.82) is 0 Å². The van der Waals surface area contributed by atoms with Crippen molar-refractivity contribution < 1.29 is 14.4 Å². The topological polar surface area (TPSA) is 38.8 Å². The maximum atomic E-state index is 10.3. The standard InChI is InChI=1S/C4H8NO3/c1-5(8-3)4(6)7-2/h2H2,1,3H3. The molecule has 0 aliphatic heterocycles. The van der Waals surface area contributed by atoms with Crippen LogP contribution in [0.5, 0.6) is 0 Å². The Hall–Kier alpha value is -0.770. The summed E-state index contributed by atoms with van der Waals surface area (Å²) in [5.41, 5.74) is 0. The summed E-state index contributed by atoms with van der Waals surface area (Å²) in [7, 11) is 5.67. The first kappa shape index (κ1) is 7.23. The molecule has 0 saturated carbocycles. The Morgan fingerprint density at radius 1 is 1.75 bits per heavy atom. The molecular formula is C4H8NO3. The fraction of sp³-hybridized carbons (Fsp3) is 0.500. The number of hydroxylamine groups is 2. The first-order chi connectivity index (χ1) is 3.72. The van der Waals surface area contributed by atoms with Crippen LogP contribution in [0.25, 0.3) is 0 Å². The Labute approximate surface area is 47.9 Å². The third-order valence-electron chi connectivity index (χ3n) is 0.654. The number of carbonyl (C=O) groups excluding carboxylic acids is 1. The van der Waals surface area contributed by atoms with E-state index >= 15 is 0 Å². The molecule has 1 radical (unpaired) electrons. The molecule has 0 aromatic carbocycles. The van der Waals surface area contributed by atoms with Crippen molar-refractivity contribution in [3.05, 3.63) is 7.11 Å². The van der Waals surface area contributed by atoms with E-state index in [1.807, 2.05) is 0 Å². The minimum absolute atomic E-state index is 0.618. The van der Waals surface area contributed by atoms with E-state index in [9.17, 15) is 4.79 Å². The highest BCUT2D eigenvalue weighted by Crippen LogP contribution is 1.85. The van der Waals surface area contributed by atoms with Crippen molar-refractivity contribution in [3.8, 4) is 0 Å². The molecule has 0 heterocycles. The summed E-state index contributed by atoms with van der Waals surface area (Å²) in [5, 5.41) is 0.924. The van der Waals surface area contributed by atoms with Gasteiger partial charge in [-0.2, -0.15) is 5.06 Å². The summed E-state index contributed by atoms with van der Waals surface area (Å²) in [6, 6.07) is 0. The maximum Gasteiger partial charge on any atom is 0.433 e. The van der Waals surface area contributed by atoms with Gasteiger partial charge in [-0.1, -0.05) is 0 Å². The lowest BCUT2D eigenvalue weighted by Crippen LogP contribution is -2.24. The molecule has 4 heteroatoms. The van der Waals surface area contributed by atoms with Gasteiger partial charge in [0.05, 0.1) is 7.11 Å². The summed E-state index contributed by atoms with van der Waals surface area (Å²) >= 11 is 0. The van der Waals surface area contributed by atoms with Gasteiger partial charge in [-0.05, 0) is 0 Å². The van der Waals surface area contributed by atoms with Gasteiger partial charge < -0.3 is 4.74 Å². The smallest absolute Gasteiger partial charge is 0.433 e. The van der Waals surface area contributed by atoms with Crippen LogP contribution in [0.3, 0.4) is 0 Å². The molecule has 0 unspecified atom stereocenters.